The lowest BCUT2D eigenvalue weighted by Crippen LogP contribution is -2.48. The van der Waals surface area contributed by atoms with Crippen molar-refractivity contribution in [3.8, 4) is 16.9 Å². The summed E-state index contributed by atoms with van der Waals surface area (Å²) in [6.07, 6.45) is 0.509. The Hall–Kier alpha value is -4.21. The lowest BCUT2D eigenvalue weighted by atomic mass is 10.0. The first kappa shape index (κ1) is 25.4. The van der Waals surface area contributed by atoms with Gasteiger partial charge >= 0.3 is 12.1 Å². The highest BCUT2D eigenvalue weighted by Crippen LogP contribution is 2.25. The van der Waals surface area contributed by atoms with Crippen molar-refractivity contribution >= 4 is 28.7 Å². The quantitative estimate of drug-likeness (QED) is 0.228. The highest BCUT2D eigenvalue weighted by molar-refractivity contribution is 5.86. The SMILES string of the molecule is CC(C)C(NC(=O)OC(C)(C)C)C(=O)Oc1ccc2c(=O)c(-c3ccc([N+](=O)[O-])cc3)coc2c1. The number of carbonyl (C=O) groups excluding carboxylic acids is 2. The number of nitro groups is 1. The Kier molecular flexibility index (Phi) is 7.23. The van der Waals surface area contributed by atoms with Crippen molar-refractivity contribution in [2.24, 2.45) is 5.92 Å². The molecule has 0 aliphatic carbocycles. The van der Waals surface area contributed by atoms with Crippen LogP contribution in [0.15, 0.2) is 57.9 Å². The minimum Gasteiger partial charge on any atom is -0.463 e. The molecule has 0 bridgehead atoms. The molecule has 2 aromatic carbocycles. The summed E-state index contributed by atoms with van der Waals surface area (Å²) in [6, 6.07) is 8.89. The van der Waals surface area contributed by atoms with E-state index in [1.165, 1.54) is 48.7 Å². The molecule has 10 nitrogen and oxygen atoms in total. The number of esters is 1. The molecular weight excluding hydrogens is 456 g/mol. The van der Waals surface area contributed by atoms with E-state index in [0.29, 0.717) is 5.56 Å². The van der Waals surface area contributed by atoms with Crippen molar-refractivity contribution in [3.63, 3.8) is 0 Å². The largest absolute Gasteiger partial charge is 0.463 e. The Morgan fingerprint density at radius 3 is 2.31 bits per heavy atom. The van der Waals surface area contributed by atoms with Gasteiger partial charge in [-0.05, 0) is 56.5 Å². The number of alkyl carbamates (subject to hydrolysis) is 1. The highest BCUT2D eigenvalue weighted by Gasteiger charge is 2.28. The fraction of sp³-hybridized carbons (Fsp3) is 0.320. The van der Waals surface area contributed by atoms with Crippen molar-refractivity contribution in [1.82, 2.24) is 5.32 Å². The second-order valence-electron chi connectivity index (χ2n) is 9.23. The molecule has 0 spiro atoms. The summed E-state index contributed by atoms with van der Waals surface area (Å²) in [6.45, 7) is 8.65. The average Bonchev–Trinajstić information content (AvgIpc) is 2.76. The van der Waals surface area contributed by atoms with E-state index >= 15 is 0 Å². The molecule has 0 saturated heterocycles. The Morgan fingerprint density at radius 1 is 1.09 bits per heavy atom. The van der Waals surface area contributed by atoms with E-state index in [9.17, 15) is 24.5 Å². The number of nitrogens with one attached hydrogen (secondary N) is 1. The zero-order valence-corrected chi connectivity index (χ0v) is 20.0. The van der Waals surface area contributed by atoms with Gasteiger partial charge in [0.1, 0.15) is 29.2 Å². The summed E-state index contributed by atoms with van der Waals surface area (Å²) in [7, 11) is 0. The van der Waals surface area contributed by atoms with Crippen molar-refractivity contribution in [1.29, 1.82) is 0 Å². The topological polar surface area (TPSA) is 138 Å². The first-order chi connectivity index (χ1) is 16.4. The zero-order chi connectivity index (χ0) is 25.9. The number of carbonyl (C=O) groups is 2. The van der Waals surface area contributed by atoms with Crippen LogP contribution in [0.3, 0.4) is 0 Å². The Balaban J connectivity index is 1.82. The van der Waals surface area contributed by atoms with Crippen LogP contribution in [-0.2, 0) is 9.53 Å². The Bertz CT molecular complexity index is 1320. The first-order valence-electron chi connectivity index (χ1n) is 10.9. The van der Waals surface area contributed by atoms with Crippen LogP contribution in [0.4, 0.5) is 10.5 Å². The molecule has 0 radical (unpaired) electrons. The molecule has 1 amide bonds. The smallest absolute Gasteiger partial charge is 0.408 e. The van der Waals surface area contributed by atoms with Crippen LogP contribution in [0.25, 0.3) is 22.1 Å². The van der Waals surface area contributed by atoms with Gasteiger partial charge in [0.05, 0.1) is 15.9 Å². The number of fused-ring (bicyclic) bond motifs is 1. The molecule has 1 atom stereocenters. The molecule has 10 heteroatoms. The van der Waals surface area contributed by atoms with Gasteiger partial charge in [0.25, 0.3) is 5.69 Å². The second-order valence-corrected chi connectivity index (χ2v) is 9.23. The summed E-state index contributed by atoms with van der Waals surface area (Å²) in [5, 5.41) is 13.6. The maximum Gasteiger partial charge on any atom is 0.408 e. The van der Waals surface area contributed by atoms with E-state index in [4.69, 9.17) is 13.9 Å². The van der Waals surface area contributed by atoms with E-state index in [2.05, 4.69) is 5.32 Å². The fourth-order valence-electron chi connectivity index (χ4n) is 3.25. The molecule has 0 aliphatic rings. The molecule has 3 rings (SSSR count). The molecule has 1 unspecified atom stereocenters. The number of nitrogens with zero attached hydrogens (tertiary/aromatic N) is 1. The van der Waals surface area contributed by atoms with Crippen LogP contribution >= 0.6 is 0 Å². The van der Waals surface area contributed by atoms with Gasteiger partial charge in [-0.25, -0.2) is 9.59 Å². The van der Waals surface area contributed by atoms with E-state index in [1.54, 1.807) is 34.6 Å². The van der Waals surface area contributed by atoms with Crippen molar-refractivity contribution < 1.29 is 28.4 Å². The minimum atomic E-state index is -0.961. The van der Waals surface area contributed by atoms with Crippen LogP contribution in [0, 0.1) is 16.0 Å². The van der Waals surface area contributed by atoms with Crippen molar-refractivity contribution in [3.05, 3.63) is 69.1 Å². The van der Waals surface area contributed by atoms with Gasteiger partial charge in [0.2, 0.25) is 0 Å². The number of rotatable bonds is 6. The number of benzene rings is 2. The molecular formula is C25H26N2O8. The van der Waals surface area contributed by atoms with Gasteiger partial charge in [0, 0.05) is 18.2 Å². The van der Waals surface area contributed by atoms with Crippen LogP contribution < -0.4 is 15.5 Å². The zero-order valence-electron chi connectivity index (χ0n) is 20.0. The maximum absolute atomic E-state index is 13.0. The molecule has 184 valence electrons. The van der Waals surface area contributed by atoms with Gasteiger partial charge in [-0.3, -0.25) is 14.9 Å². The average molecular weight is 482 g/mol. The predicted molar refractivity (Wildman–Crippen MR) is 128 cm³/mol. The standard InChI is InChI=1S/C25H26N2O8/c1-14(2)21(26-24(30)35-25(3,4)5)23(29)34-17-10-11-18-20(12-17)33-13-19(22(18)28)15-6-8-16(9-7-15)27(31)32/h6-14,21H,1-5H3,(H,26,30). The van der Waals surface area contributed by atoms with Crippen LogP contribution in [0.5, 0.6) is 5.75 Å². The number of amides is 1. The minimum absolute atomic E-state index is 0.0914. The van der Waals surface area contributed by atoms with E-state index in [0.717, 1.165) is 0 Å². The van der Waals surface area contributed by atoms with Gasteiger partial charge in [-0.2, -0.15) is 0 Å². The lowest BCUT2D eigenvalue weighted by molar-refractivity contribution is -0.384. The third-order valence-electron chi connectivity index (χ3n) is 4.95. The van der Waals surface area contributed by atoms with E-state index in [-0.39, 0.29) is 39.3 Å². The van der Waals surface area contributed by atoms with Gasteiger partial charge in [0.15, 0.2) is 5.43 Å². The van der Waals surface area contributed by atoms with Crippen LogP contribution in [0.2, 0.25) is 0 Å². The molecule has 0 saturated carbocycles. The van der Waals surface area contributed by atoms with Crippen molar-refractivity contribution in [2.45, 2.75) is 46.3 Å². The Labute approximate surface area is 201 Å². The summed E-state index contributed by atoms with van der Waals surface area (Å²) in [4.78, 5) is 48.1. The van der Waals surface area contributed by atoms with Crippen LogP contribution in [-0.4, -0.2) is 28.6 Å². The summed E-state index contributed by atoms with van der Waals surface area (Å²) in [5.41, 5.74) is -0.269. The molecule has 1 N–H and O–H groups in total. The maximum atomic E-state index is 13.0. The molecule has 0 fully saturated rings. The summed E-state index contributed by atoms with van der Waals surface area (Å²) < 4.78 is 16.2. The lowest BCUT2D eigenvalue weighted by Gasteiger charge is -2.24. The highest BCUT2D eigenvalue weighted by atomic mass is 16.6. The number of hydrogen-bond donors (Lipinski definition) is 1. The predicted octanol–water partition coefficient (Wildman–Crippen LogP) is 4.82. The monoisotopic (exact) mass is 482 g/mol. The summed E-state index contributed by atoms with van der Waals surface area (Å²) >= 11 is 0. The third-order valence-corrected chi connectivity index (χ3v) is 4.95. The van der Waals surface area contributed by atoms with E-state index < -0.39 is 28.6 Å². The fourth-order valence-corrected chi connectivity index (χ4v) is 3.25. The molecule has 1 aromatic heterocycles. The number of nitro benzene ring substituents is 1. The van der Waals surface area contributed by atoms with Gasteiger partial charge < -0.3 is 19.2 Å². The summed E-state index contributed by atoms with van der Waals surface area (Å²) in [5.74, 6) is -0.849. The third kappa shape index (κ3) is 6.23. The normalized spacial score (nSPS) is 12.3. The van der Waals surface area contributed by atoms with Gasteiger partial charge in [-0.15, -0.1) is 0 Å². The number of hydrogen-bond acceptors (Lipinski definition) is 8. The van der Waals surface area contributed by atoms with Crippen LogP contribution in [0.1, 0.15) is 34.6 Å². The molecule has 3 aromatic rings. The molecule has 0 aliphatic heterocycles. The number of non-ortho nitro benzene ring substituents is 1. The molecule has 1 heterocycles. The Morgan fingerprint density at radius 2 is 1.74 bits per heavy atom. The molecule has 35 heavy (non-hydrogen) atoms. The van der Waals surface area contributed by atoms with Gasteiger partial charge in [-0.1, -0.05) is 13.8 Å². The van der Waals surface area contributed by atoms with Crippen molar-refractivity contribution in [2.75, 3.05) is 0 Å². The first-order valence-corrected chi connectivity index (χ1v) is 10.9. The van der Waals surface area contributed by atoms with E-state index in [1.807, 2.05) is 0 Å². The number of ether oxygens (including phenoxy) is 2. The second kappa shape index (κ2) is 9.96.